The first-order valence-corrected chi connectivity index (χ1v) is 10.7. The lowest BCUT2D eigenvalue weighted by Crippen LogP contribution is -2.02. The molecule has 1 fully saturated rings. The van der Waals surface area contributed by atoms with Crippen molar-refractivity contribution in [2.24, 2.45) is 0 Å². The Morgan fingerprint density at radius 3 is 2.67 bits per heavy atom. The SMILES string of the molecule is Cc1cccc(-c2nnc([C@H](C)Sc3nnc(-c4ccccc4F)n3C3CC3)o2)c1. The van der Waals surface area contributed by atoms with E-state index in [1.807, 2.05) is 48.7 Å². The number of benzene rings is 2. The molecule has 0 N–H and O–H groups in total. The maximum absolute atomic E-state index is 14.3. The standard InChI is InChI=1S/C22H20FN5OS/c1-13-6-5-7-15(12-13)21-26-25-20(29-21)14(2)30-22-27-24-19(28(22)16-10-11-16)17-8-3-4-9-18(17)23/h3-9,12,14,16H,10-11H2,1-2H3/t14-/m0/s1. The first kappa shape index (κ1) is 19.0. The van der Waals surface area contributed by atoms with Crippen molar-refractivity contribution in [3.05, 3.63) is 65.8 Å². The van der Waals surface area contributed by atoms with E-state index in [1.165, 1.54) is 17.8 Å². The highest BCUT2D eigenvalue weighted by Crippen LogP contribution is 2.44. The molecule has 5 rings (SSSR count). The topological polar surface area (TPSA) is 69.6 Å². The highest BCUT2D eigenvalue weighted by Gasteiger charge is 2.32. The van der Waals surface area contributed by atoms with Gasteiger partial charge < -0.3 is 4.42 Å². The Kier molecular flexibility index (Phi) is 4.86. The fraction of sp³-hybridized carbons (Fsp3) is 0.273. The Labute approximate surface area is 177 Å². The van der Waals surface area contributed by atoms with Crippen LogP contribution in [0.25, 0.3) is 22.8 Å². The highest BCUT2D eigenvalue weighted by atomic mass is 32.2. The second-order valence-electron chi connectivity index (χ2n) is 7.46. The molecule has 4 aromatic rings. The zero-order valence-corrected chi connectivity index (χ0v) is 17.4. The molecule has 1 aliphatic carbocycles. The summed E-state index contributed by atoms with van der Waals surface area (Å²) < 4.78 is 22.3. The lowest BCUT2D eigenvalue weighted by atomic mass is 10.1. The van der Waals surface area contributed by atoms with Crippen LogP contribution in [0.15, 0.2) is 58.1 Å². The Balaban J connectivity index is 1.42. The summed E-state index contributed by atoms with van der Waals surface area (Å²) in [6.07, 6.45) is 2.08. The normalized spacial score (nSPS) is 14.8. The minimum atomic E-state index is -0.295. The molecule has 1 aliphatic rings. The van der Waals surface area contributed by atoms with Crippen LogP contribution in [0.5, 0.6) is 0 Å². The maximum Gasteiger partial charge on any atom is 0.247 e. The summed E-state index contributed by atoms with van der Waals surface area (Å²) in [5, 5.41) is 17.7. The smallest absolute Gasteiger partial charge is 0.247 e. The average molecular weight is 422 g/mol. The Hall–Kier alpha value is -3.00. The van der Waals surface area contributed by atoms with Crippen molar-refractivity contribution in [1.29, 1.82) is 0 Å². The second-order valence-corrected chi connectivity index (χ2v) is 8.77. The summed E-state index contributed by atoms with van der Waals surface area (Å²) in [5.41, 5.74) is 2.50. The van der Waals surface area contributed by atoms with Crippen LogP contribution in [0.2, 0.25) is 0 Å². The monoisotopic (exact) mass is 421 g/mol. The predicted octanol–water partition coefficient (Wildman–Crippen LogP) is 5.63. The molecule has 0 amide bonds. The molecule has 0 aliphatic heterocycles. The molecule has 0 saturated heterocycles. The van der Waals surface area contributed by atoms with Crippen LogP contribution in [0.1, 0.15) is 42.5 Å². The minimum Gasteiger partial charge on any atom is -0.419 e. The zero-order valence-electron chi connectivity index (χ0n) is 16.6. The number of halogens is 1. The van der Waals surface area contributed by atoms with Crippen LogP contribution in [0.4, 0.5) is 4.39 Å². The summed E-state index contributed by atoms with van der Waals surface area (Å²) in [6, 6.07) is 14.9. The predicted molar refractivity (Wildman–Crippen MR) is 112 cm³/mol. The van der Waals surface area contributed by atoms with Crippen molar-refractivity contribution in [3.63, 3.8) is 0 Å². The molecular weight excluding hydrogens is 401 g/mol. The first-order chi connectivity index (χ1) is 14.6. The van der Waals surface area contributed by atoms with E-state index in [2.05, 4.69) is 20.4 Å². The molecule has 6 nitrogen and oxygen atoms in total. The molecule has 30 heavy (non-hydrogen) atoms. The Morgan fingerprint density at radius 2 is 1.90 bits per heavy atom. The molecule has 0 spiro atoms. The van der Waals surface area contributed by atoms with Gasteiger partial charge in [-0.1, -0.05) is 41.6 Å². The lowest BCUT2D eigenvalue weighted by molar-refractivity contribution is 0.508. The molecule has 1 saturated carbocycles. The van der Waals surface area contributed by atoms with Gasteiger partial charge in [0.05, 0.1) is 10.8 Å². The van der Waals surface area contributed by atoms with Gasteiger partial charge in [-0.3, -0.25) is 4.57 Å². The van der Waals surface area contributed by atoms with E-state index in [9.17, 15) is 4.39 Å². The largest absolute Gasteiger partial charge is 0.419 e. The van der Waals surface area contributed by atoms with E-state index in [4.69, 9.17) is 4.42 Å². The molecule has 2 aromatic heterocycles. The van der Waals surface area contributed by atoms with Crippen LogP contribution < -0.4 is 0 Å². The average Bonchev–Trinajstić information content (AvgIpc) is 3.30. The van der Waals surface area contributed by atoms with Crippen molar-refractivity contribution in [2.45, 2.75) is 43.1 Å². The minimum absolute atomic E-state index is 0.119. The van der Waals surface area contributed by atoms with Gasteiger partial charge in [0.25, 0.3) is 0 Å². The van der Waals surface area contributed by atoms with Gasteiger partial charge in [0.15, 0.2) is 11.0 Å². The van der Waals surface area contributed by atoms with Crippen molar-refractivity contribution in [3.8, 4) is 22.8 Å². The van der Waals surface area contributed by atoms with Crippen LogP contribution in [-0.2, 0) is 0 Å². The summed E-state index contributed by atoms with van der Waals surface area (Å²) in [7, 11) is 0. The van der Waals surface area contributed by atoms with E-state index in [0.717, 1.165) is 29.1 Å². The third kappa shape index (κ3) is 3.63. The van der Waals surface area contributed by atoms with E-state index < -0.39 is 0 Å². The van der Waals surface area contributed by atoms with Crippen LogP contribution in [-0.4, -0.2) is 25.0 Å². The van der Waals surface area contributed by atoms with Gasteiger partial charge in [-0.25, -0.2) is 4.39 Å². The zero-order chi connectivity index (χ0) is 20.7. The molecule has 0 radical (unpaired) electrons. The third-order valence-corrected chi connectivity index (χ3v) is 6.07. The quantitative estimate of drug-likeness (QED) is 0.376. The molecule has 2 heterocycles. The molecule has 152 valence electrons. The van der Waals surface area contributed by atoms with Crippen LogP contribution in [0.3, 0.4) is 0 Å². The fourth-order valence-electron chi connectivity index (χ4n) is 3.35. The van der Waals surface area contributed by atoms with Crippen molar-refractivity contribution >= 4 is 11.8 Å². The van der Waals surface area contributed by atoms with Gasteiger partial charge in [-0.15, -0.1) is 20.4 Å². The molecule has 1 atom stereocenters. The van der Waals surface area contributed by atoms with E-state index in [1.54, 1.807) is 12.1 Å². The van der Waals surface area contributed by atoms with Crippen molar-refractivity contribution in [1.82, 2.24) is 25.0 Å². The summed E-state index contributed by atoms with van der Waals surface area (Å²) >= 11 is 1.50. The van der Waals surface area contributed by atoms with Gasteiger partial charge in [-0.2, -0.15) is 0 Å². The van der Waals surface area contributed by atoms with E-state index in [0.29, 0.717) is 29.2 Å². The lowest BCUT2D eigenvalue weighted by Gasteiger charge is -2.11. The second kappa shape index (κ2) is 7.68. The Morgan fingerprint density at radius 1 is 1.07 bits per heavy atom. The fourth-order valence-corrected chi connectivity index (χ4v) is 4.30. The maximum atomic E-state index is 14.3. The van der Waals surface area contributed by atoms with Gasteiger partial charge in [0, 0.05) is 11.6 Å². The third-order valence-electron chi connectivity index (χ3n) is 5.03. The summed E-state index contributed by atoms with van der Waals surface area (Å²) in [6.45, 7) is 4.02. The van der Waals surface area contributed by atoms with Crippen molar-refractivity contribution < 1.29 is 8.81 Å². The number of hydrogen-bond acceptors (Lipinski definition) is 6. The molecule has 8 heteroatoms. The summed E-state index contributed by atoms with van der Waals surface area (Å²) in [4.78, 5) is 0. The van der Waals surface area contributed by atoms with Crippen molar-refractivity contribution in [2.75, 3.05) is 0 Å². The summed E-state index contributed by atoms with van der Waals surface area (Å²) in [5.74, 6) is 1.29. The molecule has 2 aromatic carbocycles. The number of thioether (sulfide) groups is 1. The van der Waals surface area contributed by atoms with E-state index in [-0.39, 0.29) is 11.1 Å². The van der Waals surface area contributed by atoms with Gasteiger partial charge in [-0.05, 0) is 51.0 Å². The van der Waals surface area contributed by atoms with Gasteiger partial charge >= 0.3 is 0 Å². The number of aromatic nitrogens is 5. The Bertz CT molecular complexity index is 1200. The van der Waals surface area contributed by atoms with Gasteiger partial charge in [0.1, 0.15) is 5.82 Å². The van der Waals surface area contributed by atoms with Gasteiger partial charge in [0.2, 0.25) is 11.8 Å². The highest BCUT2D eigenvalue weighted by molar-refractivity contribution is 7.99. The molecule has 0 unspecified atom stereocenters. The number of aryl methyl sites for hydroxylation is 1. The van der Waals surface area contributed by atoms with E-state index >= 15 is 0 Å². The number of rotatable bonds is 6. The first-order valence-electron chi connectivity index (χ1n) is 9.87. The number of hydrogen-bond donors (Lipinski definition) is 0. The van der Waals surface area contributed by atoms with Crippen LogP contribution >= 0.6 is 11.8 Å². The number of nitrogens with zero attached hydrogens (tertiary/aromatic N) is 5. The molecule has 0 bridgehead atoms. The van der Waals surface area contributed by atoms with Crippen LogP contribution in [0, 0.1) is 12.7 Å². The molecular formula is C22H20FN5OS.